The van der Waals surface area contributed by atoms with Crippen LogP contribution in [0.2, 0.25) is 0 Å². The van der Waals surface area contributed by atoms with Crippen molar-refractivity contribution in [2.75, 3.05) is 0 Å². The molecule has 1 nitrogen and oxygen atoms in total. The second-order valence-electron chi connectivity index (χ2n) is 4.00. The van der Waals surface area contributed by atoms with E-state index in [1.165, 1.54) is 30.0 Å². The van der Waals surface area contributed by atoms with Gasteiger partial charge in [0, 0.05) is 21.4 Å². The van der Waals surface area contributed by atoms with E-state index >= 15 is 0 Å². The monoisotopic (exact) mass is 265 g/mol. The second kappa shape index (κ2) is 5.50. The van der Waals surface area contributed by atoms with Gasteiger partial charge in [0.1, 0.15) is 11.6 Å². The smallest absolute Gasteiger partial charge is 0.129 e. The summed E-state index contributed by atoms with van der Waals surface area (Å²) in [6.07, 6.45) is 0. The van der Waals surface area contributed by atoms with Gasteiger partial charge in [0.05, 0.1) is 0 Å². The van der Waals surface area contributed by atoms with Crippen molar-refractivity contribution in [1.82, 2.24) is 0 Å². The minimum atomic E-state index is -0.401. The predicted molar refractivity (Wildman–Crippen MR) is 69.5 cm³/mol. The average Bonchev–Trinajstić information content (AvgIpc) is 2.28. The largest absolute Gasteiger partial charge is 0.324 e. The molecule has 0 saturated carbocycles. The summed E-state index contributed by atoms with van der Waals surface area (Å²) < 4.78 is 26.8. The molecule has 18 heavy (non-hydrogen) atoms. The Labute approximate surface area is 109 Å². The molecule has 0 spiro atoms. The van der Waals surface area contributed by atoms with Crippen LogP contribution in [0.25, 0.3) is 0 Å². The first kappa shape index (κ1) is 13.1. The van der Waals surface area contributed by atoms with Crippen molar-refractivity contribution in [1.29, 1.82) is 0 Å². The van der Waals surface area contributed by atoms with Crippen LogP contribution in [0.3, 0.4) is 0 Å². The summed E-state index contributed by atoms with van der Waals surface area (Å²) >= 11 is 1.31. The van der Waals surface area contributed by atoms with Crippen LogP contribution in [0.5, 0.6) is 0 Å². The molecule has 0 fully saturated rings. The van der Waals surface area contributed by atoms with Crippen LogP contribution < -0.4 is 5.73 Å². The molecule has 1 atom stereocenters. The van der Waals surface area contributed by atoms with Gasteiger partial charge < -0.3 is 5.73 Å². The third-order valence-corrected chi connectivity index (χ3v) is 3.56. The van der Waals surface area contributed by atoms with Crippen molar-refractivity contribution in [2.45, 2.75) is 22.8 Å². The fourth-order valence-corrected chi connectivity index (χ4v) is 2.82. The molecule has 0 aliphatic heterocycles. The molecular weight excluding hydrogens is 252 g/mol. The molecule has 0 bridgehead atoms. The third-order valence-electron chi connectivity index (χ3n) is 2.49. The first-order chi connectivity index (χ1) is 8.58. The maximum Gasteiger partial charge on any atom is 0.129 e. The van der Waals surface area contributed by atoms with E-state index < -0.39 is 6.04 Å². The normalized spacial score (nSPS) is 12.4. The molecule has 2 N–H and O–H groups in total. The van der Waals surface area contributed by atoms with E-state index in [2.05, 4.69) is 0 Å². The van der Waals surface area contributed by atoms with Gasteiger partial charge in [0.25, 0.3) is 0 Å². The van der Waals surface area contributed by atoms with Crippen LogP contribution >= 0.6 is 11.8 Å². The van der Waals surface area contributed by atoms with E-state index in [0.717, 1.165) is 9.79 Å². The zero-order valence-electron chi connectivity index (χ0n) is 9.86. The molecule has 2 rings (SSSR count). The molecule has 0 aliphatic carbocycles. The van der Waals surface area contributed by atoms with Gasteiger partial charge in [0.2, 0.25) is 0 Å². The number of benzene rings is 2. The molecule has 94 valence electrons. The minimum absolute atomic E-state index is 0.307. The molecule has 0 aliphatic rings. The van der Waals surface area contributed by atoms with Gasteiger partial charge in [-0.15, -0.1) is 0 Å². The Bertz CT molecular complexity index is 555. The van der Waals surface area contributed by atoms with Gasteiger partial charge in [0.15, 0.2) is 0 Å². The molecule has 2 aromatic carbocycles. The summed E-state index contributed by atoms with van der Waals surface area (Å²) in [4.78, 5) is 1.44. The lowest BCUT2D eigenvalue weighted by molar-refractivity contribution is 0.585. The summed E-state index contributed by atoms with van der Waals surface area (Å²) in [5.41, 5.74) is 6.24. The van der Waals surface area contributed by atoms with Crippen molar-refractivity contribution in [3.05, 3.63) is 59.7 Å². The average molecular weight is 265 g/mol. The summed E-state index contributed by atoms with van der Waals surface area (Å²) in [5, 5.41) is 0. The Morgan fingerprint density at radius 2 is 1.83 bits per heavy atom. The number of rotatable bonds is 3. The van der Waals surface area contributed by atoms with Crippen LogP contribution in [0, 0.1) is 11.6 Å². The highest BCUT2D eigenvalue weighted by Crippen LogP contribution is 2.34. The highest BCUT2D eigenvalue weighted by Gasteiger charge is 2.13. The molecule has 2 aromatic rings. The van der Waals surface area contributed by atoms with E-state index in [0.29, 0.717) is 5.56 Å². The lowest BCUT2D eigenvalue weighted by Gasteiger charge is -2.13. The number of nitrogens with two attached hydrogens (primary N) is 1. The van der Waals surface area contributed by atoms with Gasteiger partial charge in [-0.25, -0.2) is 8.78 Å². The van der Waals surface area contributed by atoms with Gasteiger partial charge in [-0.05, 0) is 37.3 Å². The maximum atomic E-state index is 13.7. The molecule has 4 heteroatoms. The molecule has 0 radical (unpaired) electrons. The van der Waals surface area contributed by atoms with Gasteiger partial charge in [-0.3, -0.25) is 0 Å². The van der Waals surface area contributed by atoms with E-state index in [-0.39, 0.29) is 11.6 Å². The zero-order valence-corrected chi connectivity index (χ0v) is 10.7. The van der Waals surface area contributed by atoms with Gasteiger partial charge in [-0.1, -0.05) is 23.9 Å². The van der Waals surface area contributed by atoms with Crippen molar-refractivity contribution < 1.29 is 8.78 Å². The van der Waals surface area contributed by atoms with Crippen molar-refractivity contribution in [2.24, 2.45) is 5.73 Å². The highest BCUT2D eigenvalue weighted by molar-refractivity contribution is 7.99. The summed E-state index contributed by atoms with van der Waals surface area (Å²) in [6, 6.07) is 10.6. The lowest BCUT2D eigenvalue weighted by Crippen LogP contribution is -2.08. The zero-order chi connectivity index (χ0) is 13.1. The Hall–Kier alpha value is -1.39. The van der Waals surface area contributed by atoms with Crippen LogP contribution in [0.1, 0.15) is 18.5 Å². The summed E-state index contributed by atoms with van der Waals surface area (Å²) in [6.45, 7) is 1.73. The molecule has 0 aromatic heterocycles. The second-order valence-corrected chi connectivity index (χ2v) is 5.12. The SMILES string of the molecule is C[C@@H](N)c1c(F)cccc1Sc1cccc(F)c1. The topological polar surface area (TPSA) is 26.0 Å². The molecular formula is C14H13F2NS. The number of halogens is 2. The van der Waals surface area contributed by atoms with Gasteiger partial charge in [-0.2, -0.15) is 0 Å². The predicted octanol–water partition coefficient (Wildman–Crippen LogP) is 4.14. The summed E-state index contributed by atoms with van der Waals surface area (Å²) in [7, 11) is 0. The van der Waals surface area contributed by atoms with E-state index in [1.54, 1.807) is 31.2 Å². The Balaban J connectivity index is 2.37. The van der Waals surface area contributed by atoms with Crippen LogP contribution in [0.15, 0.2) is 52.3 Å². The van der Waals surface area contributed by atoms with E-state index in [4.69, 9.17) is 5.73 Å². The van der Waals surface area contributed by atoms with E-state index in [9.17, 15) is 8.78 Å². The highest BCUT2D eigenvalue weighted by atomic mass is 32.2. The third kappa shape index (κ3) is 2.89. The Morgan fingerprint density at radius 3 is 2.50 bits per heavy atom. The Morgan fingerprint density at radius 1 is 1.11 bits per heavy atom. The van der Waals surface area contributed by atoms with Crippen LogP contribution in [-0.4, -0.2) is 0 Å². The van der Waals surface area contributed by atoms with Crippen molar-refractivity contribution in [3.63, 3.8) is 0 Å². The van der Waals surface area contributed by atoms with Crippen LogP contribution in [0.4, 0.5) is 8.78 Å². The standard InChI is InChI=1S/C14H13F2NS/c1-9(17)14-12(16)6-3-7-13(14)18-11-5-2-4-10(15)8-11/h2-9H,17H2,1H3/t9-/m1/s1. The van der Waals surface area contributed by atoms with Gasteiger partial charge >= 0.3 is 0 Å². The first-order valence-electron chi connectivity index (χ1n) is 5.55. The fourth-order valence-electron chi connectivity index (χ4n) is 1.71. The fraction of sp³-hybridized carbons (Fsp3) is 0.143. The number of hydrogen-bond acceptors (Lipinski definition) is 2. The summed E-state index contributed by atoms with van der Waals surface area (Å²) in [5.74, 6) is -0.634. The number of hydrogen-bond donors (Lipinski definition) is 1. The van der Waals surface area contributed by atoms with E-state index in [1.807, 2.05) is 0 Å². The Kier molecular flexibility index (Phi) is 3.99. The minimum Gasteiger partial charge on any atom is -0.324 e. The molecule has 0 amide bonds. The lowest BCUT2D eigenvalue weighted by atomic mass is 10.1. The first-order valence-corrected chi connectivity index (χ1v) is 6.37. The van der Waals surface area contributed by atoms with Crippen LogP contribution in [-0.2, 0) is 0 Å². The quantitative estimate of drug-likeness (QED) is 0.902. The molecule has 0 saturated heterocycles. The molecule has 0 heterocycles. The van der Waals surface area contributed by atoms with Crippen molar-refractivity contribution in [3.8, 4) is 0 Å². The maximum absolute atomic E-state index is 13.7. The van der Waals surface area contributed by atoms with Crippen molar-refractivity contribution >= 4 is 11.8 Å². The molecule has 0 unspecified atom stereocenters.